The third-order valence-corrected chi connectivity index (χ3v) is 3.59. The molecule has 1 rings (SSSR count). The number of ether oxygens (including phenoxy) is 1. The van der Waals surface area contributed by atoms with Crippen LogP contribution in [-0.2, 0) is 4.74 Å². The first-order valence-electron chi connectivity index (χ1n) is 6.95. The Balaban J connectivity index is 2.37. The van der Waals surface area contributed by atoms with E-state index in [9.17, 15) is 13.2 Å². The van der Waals surface area contributed by atoms with Crippen LogP contribution >= 0.6 is 0 Å². The lowest BCUT2D eigenvalue weighted by atomic mass is 9.98. The quantitative estimate of drug-likeness (QED) is 0.756. The van der Waals surface area contributed by atoms with Gasteiger partial charge in [0.05, 0.1) is 6.61 Å². The van der Waals surface area contributed by atoms with Crippen LogP contribution in [0, 0.1) is 5.92 Å². The minimum Gasteiger partial charge on any atom is -0.371 e. The molecule has 6 heteroatoms. The van der Waals surface area contributed by atoms with E-state index in [1.54, 1.807) is 0 Å². The van der Waals surface area contributed by atoms with Gasteiger partial charge in [-0.1, -0.05) is 20.8 Å². The molecule has 3 nitrogen and oxygen atoms in total. The van der Waals surface area contributed by atoms with E-state index < -0.39 is 12.8 Å². The first-order valence-corrected chi connectivity index (χ1v) is 6.95. The highest BCUT2D eigenvalue weighted by Gasteiger charge is 2.30. The van der Waals surface area contributed by atoms with Gasteiger partial charge in [0.25, 0.3) is 0 Å². The summed E-state index contributed by atoms with van der Waals surface area (Å²) in [5.41, 5.74) is 0. The van der Waals surface area contributed by atoms with Gasteiger partial charge >= 0.3 is 6.18 Å². The maximum Gasteiger partial charge on any atom is 0.411 e. The fourth-order valence-corrected chi connectivity index (χ4v) is 2.46. The highest BCUT2D eigenvalue weighted by molar-refractivity contribution is 4.87. The van der Waals surface area contributed by atoms with Gasteiger partial charge in [-0.2, -0.15) is 13.2 Å². The molecule has 0 aromatic carbocycles. The summed E-state index contributed by atoms with van der Waals surface area (Å²) in [4.78, 5) is 2.26. The van der Waals surface area contributed by atoms with Crippen molar-refractivity contribution < 1.29 is 17.9 Å². The molecule has 1 saturated heterocycles. The SMILES string of the molecule is CCC1CN(CCOCC(F)(F)F)C(C(C)C)CN1. The molecule has 114 valence electrons. The van der Waals surface area contributed by atoms with E-state index in [0.29, 0.717) is 24.5 Å². The van der Waals surface area contributed by atoms with Crippen LogP contribution in [0.15, 0.2) is 0 Å². The van der Waals surface area contributed by atoms with Gasteiger partial charge in [0.1, 0.15) is 6.61 Å². The second-order valence-corrected chi connectivity index (χ2v) is 5.49. The Morgan fingerprint density at radius 2 is 2.05 bits per heavy atom. The molecule has 0 aliphatic carbocycles. The monoisotopic (exact) mass is 282 g/mol. The van der Waals surface area contributed by atoms with E-state index in [1.807, 2.05) is 0 Å². The van der Waals surface area contributed by atoms with Crippen LogP contribution in [0.2, 0.25) is 0 Å². The molecule has 2 atom stereocenters. The fourth-order valence-electron chi connectivity index (χ4n) is 2.46. The van der Waals surface area contributed by atoms with Gasteiger partial charge in [0, 0.05) is 31.7 Å². The molecule has 1 aliphatic rings. The Bertz CT molecular complexity index is 259. The average Bonchev–Trinajstić information content (AvgIpc) is 2.33. The van der Waals surface area contributed by atoms with Gasteiger partial charge < -0.3 is 10.1 Å². The van der Waals surface area contributed by atoms with E-state index in [4.69, 9.17) is 4.74 Å². The molecule has 19 heavy (non-hydrogen) atoms. The van der Waals surface area contributed by atoms with Crippen LogP contribution in [0.4, 0.5) is 13.2 Å². The molecule has 1 aliphatic heterocycles. The third-order valence-electron chi connectivity index (χ3n) is 3.59. The molecular weight excluding hydrogens is 257 g/mol. The highest BCUT2D eigenvalue weighted by Crippen LogP contribution is 2.17. The highest BCUT2D eigenvalue weighted by atomic mass is 19.4. The number of hydrogen-bond acceptors (Lipinski definition) is 3. The number of halogens is 3. The molecule has 0 spiro atoms. The molecule has 0 bridgehead atoms. The molecule has 0 aromatic rings. The zero-order valence-corrected chi connectivity index (χ0v) is 12.0. The predicted molar refractivity (Wildman–Crippen MR) is 69.2 cm³/mol. The Labute approximate surface area is 113 Å². The summed E-state index contributed by atoms with van der Waals surface area (Å²) in [6.07, 6.45) is -3.20. The number of rotatable bonds is 6. The maximum atomic E-state index is 12.0. The van der Waals surface area contributed by atoms with E-state index in [-0.39, 0.29) is 6.61 Å². The predicted octanol–water partition coefficient (Wildman–Crippen LogP) is 2.27. The molecule has 1 fully saturated rings. The van der Waals surface area contributed by atoms with E-state index in [2.05, 4.69) is 31.0 Å². The Morgan fingerprint density at radius 3 is 2.58 bits per heavy atom. The van der Waals surface area contributed by atoms with Gasteiger partial charge in [-0.05, 0) is 12.3 Å². The van der Waals surface area contributed by atoms with E-state index >= 15 is 0 Å². The zero-order chi connectivity index (χ0) is 14.5. The minimum absolute atomic E-state index is 0.138. The lowest BCUT2D eigenvalue weighted by molar-refractivity contribution is -0.175. The smallest absolute Gasteiger partial charge is 0.371 e. The first kappa shape index (κ1) is 16.7. The summed E-state index contributed by atoms with van der Waals surface area (Å²) >= 11 is 0. The van der Waals surface area contributed by atoms with Crippen LogP contribution in [0.3, 0.4) is 0 Å². The topological polar surface area (TPSA) is 24.5 Å². The summed E-state index contributed by atoms with van der Waals surface area (Å²) < 4.78 is 40.7. The van der Waals surface area contributed by atoms with Crippen molar-refractivity contribution in [2.24, 2.45) is 5.92 Å². The van der Waals surface area contributed by atoms with Crippen molar-refractivity contribution in [1.82, 2.24) is 10.2 Å². The van der Waals surface area contributed by atoms with Crippen molar-refractivity contribution in [3.05, 3.63) is 0 Å². The summed E-state index contributed by atoms with van der Waals surface area (Å²) in [7, 11) is 0. The number of alkyl halides is 3. The van der Waals surface area contributed by atoms with Crippen molar-refractivity contribution in [2.75, 3.05) is 32.8 Å². The number of piperazine rings is 1. The summed E-state index contributed by atoms with van der Waals surface area (Å²) in [6.45, 7) is 7.74. The van der Waals surface area contributed by atoms with Crippen LogP contribution in [-0.4, -0.2) is 56.0 Å². The van der Waals surface area contributed by atoms with Gasteiger partial charge in [-0.15, -0.1) is 0 Å². The molecule has 0 saturated carbocycles. The van der Waals surface area contributed by atoms with Crippen molar-refractivity contribution in [2.45, 2.75) is 45.5 Å². The largest absolute Gasteiger partial charge is 0.411 e. The van der Waals surface area contributed by atoms with Crippen molar-refractivity contribution in [1.29, 1.82) is 0 Å². The third kappa shape index (κ3) is 6.10. The molecule has 1 heterocycles. The Hall–Kier alpha value is -0.330. The molecule has 0 aromatic heterocycles. The Kier molecular flexibility index (Phi) is 6.56. The van der Waals surface area contributed by atoms with Crippen LogP contribution in [0.1, 0.15) is 27.2 Å². The van der Waals surface area contributed by atoms with Crippen LogP contribution < -0.4 is 5.32 Å². The molecular formula is C13H25F3N2O. The molecule has 0 radical (unpaired) electrons. The number of hydrogen-bond donors (Lipinski definition) is 1. The first-order chi connectivity index (χ1) is 8.83. The zero-order valence-electron chi connectivity index (χ0n) is 12.0. The number of nitrogens with zero attached hydrogens (tertiary/aromatic N) is 1. The van der Waals surface area contributed by atoms with Gasteiger partial charge in [0.15, 0.2) is 0 Å². The van der Waals surface area contributed by atoms with E-state index in [1.165, 1.54) is 0 Å². The number of nitrogens with one attached hydrogen (secondary N) is 1. The summed E-state index contributed by atoms with van der Waals surface area (Å²) in [6, 6.07) is 0.801. The maximum absolute atomic E-state index is 12.0. The average molecular weight is 282 g/mol. The standard InChI is InChI=1S/C13H25F3N2O/c1-4-11-8-18(12(7-17-11)10(2)3)5-6-19-9-13(14,15)16/h10-12,17H,4-9H2,1-3H3. The molecule has 2 unspecified atom stereocenters. The second kappa shape index (κ2) is 7.45. The van der Waals surface area contributed by atoms with E-state index in [0.717, 1.165) is 19.5 Å². The van der Waals surface area contributed by atoms with Gasteiger partial charge in [-0.3, -0.25) is 4.90 Å². The van der Waals surface area contributed by atoms with Crippen LogP contribution in [0.5, 0.6) is 0 Å². The summed E-state index contributed by atoms with van der Waals surface area (Å²) in [5, 5.41) is 3.48. The Morgan fingerprint density at radius 1 is 1.37 bits per heavy atom. The molecule has 0 amide bonds. The lowest BCUT2D eigenvalue weighted by Crippen LogP contribution is -2.58. The van der Waals surface area contributed by atoms with Crippen molar-refractivity contribution in [3.8, 4) is 0 Å². The minimum atomic E-state index is -4.23. The molecule has 1 N–H and O–H groups in total. The second-order valence-electron chi connectivity index (χ2n) is 5.49. The van der Waals surface area contributed by atoms with Crippen LogP contribution in [0.25, 0.3) is 0 Å². The fraction of sp³-hybridized carbons (Fsp3) is 1.00. The lowest BCUT2D eigenvalue weighted by Gasteiger charge is -2.42. The van der Waals surface area contributed by atoms with Gasteiger partial charge in [-0.25, -0.2) is 0 Å². The van der Waals surface area contributed by atoms with Gasteiger partial charge in [0.2, 0.25) is 0 Å². The summed E-state index contributed by atoms with van der Waals surface area (Å²) in [5.74, 6) is 0.480. The van der Waals surface area contributed by atoms with Crippen molar-refractivity contribution in [3.63, 3.8) is 0 Å². The van der Waals surface area contributed by atoms with Crippen molar-refractivity contribution >= 4 is 0 Å². The normalized spacial score (nSPS) is 26.1.